The van der Waals surface area contributed by atoms with Crippen molar-refractivity contribution in [2.45, 2.75) is 13.5 Å². The molecule has 0 unspecified atom stereocenters. The monoisotopic (exact) mass is 377 g/mol. The maximum Gasteiger partial charge on any atom is 0.279 e. The van der Waals surface area contributed by atoms with Crippen molar-refractivity contribution in [1.29, 1.82) is 0 Å². The van der Waals surface area contributed by atoms with E-state index >= 15 is 0 Å². The molecule has 4 nitrogen and oxygen atoms in total. The second kappa shape index (κ2) is 8.62. The third-order valence-corrected chi connectivity index (χ3v) is 5.29. The summed E-state index contributed by atoms with van der Waals surface area (Å²) in [6.07, 6.45) is 0. The molecule has 1 amide bonds. The van der Waals surface area contributed by atoms with Gasteiger partial charge in [0.15, 0.2) is 6.54 Å². The number of quaternary nitrogens is 2. The van der Waals surface area contributed by atoms with Crippen LogP contribution in [0.4, 0.5) is 10.1 Å². The third kappa shape index (κ3) is 5.04. The van der Waals surface area contributed by atoms with E-state index in [1.165, 1.54) is 34.2 Å². The van der Waals surface area contributed by atoms with E-state index in [2.05, 4.69) is 36.5 Å². The molecule has 6 heteroatoms. The summed E-state index contributed by atoms with van der Waals surface area (Å²) in [5.74, 6) is -0.498. The highest BCUT2D eigenvalue weighted by molar-refractivity contribution is 6.33. The van der Waals surface area contributed by atoms with Gasteiger partial charge >= 0.3 is 0 Å². The predicted molar refractivity (Wildman–Crippen MR) is 101 cm³/mol. The lowest BCUT2D eigenvalue weighted by atomic mass is 10.1. The van der Waals surface area contributed by atoms with Gasteiger partial charge in [-0.2, -0.15) is 0 Å². The molecule has 3 rings (SSSR count). The highest BCUT2D eigenvalue weighted by Gasteiger charge is 2.25. The molecule has 1 aliphatic rings. The van der Waals surface area contributed by atoms with Crippen LogP contribution in [0.5, 0.6) is 0 Å². The highest BCUT2D eigenvalue weighted by Crippen LogP contribution is 2.21. The van der Waals surface area contributed by atoms with Crippen LogP contribution in [0.1, 0.15) is 11.1 Å². The Morgan fingerprint density at radius 1 is 1.12 bits per heavy atom. The van der Waals surface area contributed by atoms with Crippen LogP contribution in [0.2, 0.25) is 5.02 Å². The van der Waals surface area contributed by atoms with Crippen molar-refractivity contribution in [2.24, 2.45) is 0 Å². The van der Waals surface area contributed by atoms with Gasteiger partial charge in [-0.15, -0.1) is 0 Å². The molecule has 1 aliphatic heterocycles. The normalized spacial score (nSPS) is 20.0. The second-order valence-electron chi connectivity index (χ2n) is 6.95. The van der Waals surface area contributed by atoms with Gasteiger partial charge in [0.2, 0.25) is 0 Å². The average molecular weight is 378 g/mol. The first-order valence-corrected chi connectivity index (χ1v) is 9.35. The summed E-state index contributed by atoms with van der Waals surface area (Å²) >= 11 is 5.96. The minimum absolute atomic E-state index is 0.0872. The fourth-order valence-corrected chi connectivity index (χ4v) is 3.62. The van der Waals surface area contributed by atoms with Gasteiger partial charge in [-0.05, 0) is 30.7 Å². The minimum Gasteiger partial charge on any atom is -0.322 e. The summed E-state index contributed by atoms with van der Waals surface area (Å²) in [7, 11) is 0. The Kier molecular flexibility index (Phi) is 6.25. The quantitative estimate of drug-likeness (QED) is 0.705. The number of halogens is 2. The summed E-state index contributed by atoms with van der Waals surface area (Å²) in [4.78, 5) is 15.1. The smallest absolute Gasteiger partial charge is 0.279 e. The number of rotatable bonds is 5. The molecule has 0 radical (unpaired) electrons. The molecule has 2 aromatic rings. The molecule has 138 valence electrons. The van der Waals surface area contributed by atoms with Crippen LogP contribution in [0.25, 0.3) is 0 Å². The predicted octanol–water partition coefficient (Wildman–Crippen LogP) is 0.710. The second-order valence-corrected chi connectivity index (χ2v) is 7.36. The third-order valence-electron chi connectivity index (χ3n) is 4.98. The number of anilines is 1. The number of hydrogen-bond donors (Lipinski definition) is 3. The van der Waals surface area contributed by atoms with Crippen molar-refractivity contribution in [3.8, 4) is 0 Å². The zero-order valence-electron chi connectivity index (χ0n) is 14.9. The van der Waals surface area contributed by atoms with Crippen LogP contribution in [-0.4, -0.2) is 38.6 Å². The standard InChI is InChI=1S/C20H23ClFN3O/c1-15-4-2-3-5-16(15)13-24-8-10-25(11-9-24)14-20(26)23-19-7-6-17(22)12-18(19)21/h2-7,12H,8-11,13-14H2,1H3,(H,23,26)/p+2. The number of hydrogen-bond acceptors (Lipinski definition) is 1. The zero-order valence-corrected chi connectivity index (χ0v) is 15.7. The summed E-state index contributed by atoms with van der Waals surface area (Å²) in [5.41, 5.74) is 3.20. The van der Waals surface area contributed by atoms with E-state index in [4.69, 9.17) is 11.6 Å². The molecule has 1 heterocycles. The fraction of sp³-hybridized carbons (Fsp3) is 0.350. The number of piperazine rings is 1. The van der Waals surface area contributed by atoms with Gasteiger partial charge < -0.3 is 15.1 Å². The summed E-state index contributed by atoms with van der Waals surface area (Å²) in [6.45, 7) is 7.63. The Morgan fingerprint density at radius 3 is 2.50 bits per heavy atom. The number of carbonyl (C=O) groups is 1. The van der Waals surface area contributed by atoms with Gasteiger partial charge in [-0.1, -0.05) is 35.9 Å². The van der Waals surface area contributed by atoms with Gasteiger partial charge in [0, 0.05) is 5.56 Å². The SMILES string of the molecule is Cc1ccccc1C[NH+]1CC[NH+](CC(=O)Nc2ccc(F)cc2Cl)CC1. The Labute approximate surface area is 158 Å². The van der Waals surface area contributed by atoms with E-state index in [-0.39, 0.29) is 10.9 Å². The molecular weight excluding hydrogens is 353 g/mol. The molecule has 0 spiro atoms. The summed E-state index contributed by atoms with van der Waals surface area (Å²) in [6, 6.07) is 12.5. The van der Waals surface area contributed by atoms with Crippen LogP contribution in [0.15, 0.2) is 42.5 Å². The molecule has 3 N–H and O–H groups in total. The lowest BCUT2D eigenvalue weighted by Crippen LogP contribution is -3.28. The molecule has 2 aromatic carbocycles. The van der Waals surface area contributed by atoms with Gasteiger partial charge in [-0.25, -0.2) is 4.39 Å². The van der Waals surface area contributed by atoms with Crippen LogP contribution < -0.4 is 15.1 Å². The van der Waals surface area contributed by atoms with Gasteiger partial charge in [0.1, 0.15) is 38.5 Å². The minimum atomic E-state index is -0.411. The largest absolute Gasteiger partial charge is 0.322 e. The lowest BCUT2D eigenvalue weighted by molar-refractivity contribution is -1.02. The number of benzene rings is 2. The number of nitrogens with one attached hydrogen (secondary N) is 3. The first-order chi connectivity index (χ1) is 12.5. The first-order valence-electron chi connectivity index (χ1n) is 8.98. The molecule has 0 bridgehead atoms. The molecule has 26 heavy (non-hydrogen) atoms. The lowest BCUT2D eigenvalue weighted by Gasteiger charge is -2.29. The van der Waals surface area contributed by atoms with Crippen LogP contribution >= 0.6 is 11.6 Å². The van der Waals surface area contributed by atoms with Crippen LogP contribution in [0.3, 0.4) is 0 Å². The van der Waals surface area contributed by atoms with E-state index < -0.39 is 5.82 Å². The Morgan fingerprint density at radius 2 is 1.81 bits per heavy atom. The molecule has 1 fully saturated rings. The Balaban J connectivity index is 1.46. The highest BCUT2D eigenvalue weighted by atomic mass is 35.5. The summed E-state index contributed by atoms with van der Waals surface area (Å²) < 4.78 is 13.1. The van der Waals surface area contributed by atoms with Crippen molar-refractivity contribution in [3.63, 3.8) is 0 Å². The maximum absolute atomic E-state index is 13.1. The molecule has 0 atom stereocenters. The van der Waals surface area contributed by atoms with Gasteiger partial charge in [-0.3, -0.25) is 4.79 Å². The Hall–Kier alpha value is -1.95. The van der Waals surface area contributed by atoms with Crippen molar-refractivity contribution < 1.29 is 19.0 Å². The van der Waals surface area contributed by atoms with Crippen molar-refractivity contribution >= 4 is 23.2 Å². The molecule has 1 saturated heterocycles. The van der Waals surface area contributed by atoms with Crippen molar-refractivity contribution in [1.82, 2.24) is 0 Å². The maximum atomic E-state index is 13.1. The van der Waals surface area contributed by atoms with Crippen molar-refractivity contribution in [2.75, 3.05) is 38.0 Å². The summed E-state index contributed by atoms with van der Waals surface area (Å²) in [5, 5.41) is 3.00. The molecule has 0 saturated carbocycles. The van der Waals surface area contributed by atoms with E-state index in [0.717, 1.165) is 32.7 Å². The zero-order chi connectivity index (χ0) is 18.5. The molecular formula is C20H25ClFN3O+2. The van der Waals surface area contributed by atoms with E-state index in [9.17, 15) is 9.18 Å². The van der Waals surface area contributed by atoms with Crippen LogP contribution in [0, 0.1) is 12.7 Å². The Bertz CT molecular complexity index is 775. The molecule has 0 aromatic heterocycles. The van der Waals surface area contributed by atoms with Crippen molar-refractivity contribution in [3.05, 3.63) is 64.4 Å². The average Bonchev–Trinajstić information content (AvgIpc) is 2.61. The van der Waals surface area contributed by atoms with E-state index in [0.29, 0.717) is 12.2 Å². The van der Waals surface area contributed by atoms with E-state index in [1.807, 2.05) is 0 Å². The topological polar surface area (TPSA) is 38.0 Å². The van der Waals surface area contributed by atoms with Gasteiger partial charge in [0.05, 0.1) is 10.7 Å². The van der Waals surface area contributed by atoms with E-state index in [1.54, 1.807) is 4.90 Å². The number of carbonyl (C=O) groups excluding carboxylic acids is 1. The van der Waals surface area contributed by atoms with Gasteiger partial charge in [0.25, 0.3) is 5.91 Å². The number of aryl methyl sites for hydroxylation is 1. The van der Waals surface area contributed by atoms with Crippen LogP contribution in [-0.2, 0) is 11.3 Å². The fourth-order valence-electron chi connectivity index (χ4n) is 3.40. The number of amides is 1. The molecule has 0 aliphatic carbocycles. The first kappa shape index (κ1) is 18.8.